The van der Waals surface area contributed by atoms with E-state index in [4.69, 9.17) is 5.73 Å². The molecule has 0 bridgehead atoms. The van der Waals surface area contributed by atoms with Crippen LogP contribution >= 0.6 is 0 Å². The average molecular weight is 212 g/mol. The van der Waals surface area contributed by atoms with Crippen LogP contribution in [0.3, 0.4) is 0 Å². The highest BCUT2D eigenvalue weighted by Crippen LogP contribution is 2.51. The van der Waals surface area contributed by atoms with Crippen molar-refractivity contribution in [2.75, 3.05) is 0 Å². The Balaban J connectivity index is 2.01. The fourth-order valence-electron chi connectivity index (χ4n) is 2.47. The second-order valence-electron chi connectivity index (χ2n) is 4.80. The number of hydrogen-bond acceptors (Lipinski definition) is 2. The topological polar surface area (TPSA) is 38.9 Å². The van der Waals surface area contributed by atoms with Gasteiger partial charge in [0.05, 0.1) is 5.52 Å². The predicted octanol–water partition coefficient (Wildman–Crippen LogP) is 2.83. The summed E-state index contributed by atoms with van der Waals surface area (Å²) in [5.41, 5.74) is 8.73. The van der Waals surface area contributed by atoms with Gasteiger partial charge in [-0.25, -0.2) is 0 Å². The molecule has 2 N–H and O–H groups in total. The largest absolute Gasteiger partial charge is 0.325 e. The molecular weight excluding hydrogens is 196 g/mol. The highest BCUT2D eigenvalue weighted by molar-refractivity contribution is 5.79. The summed E-state index contributed by atoms with van der Waals surface area (Å²) in [6.07, 6.45) is 4.01. The Bertz CT molecular complexity index is 535. The molecule has 2 atom stereocenters. The van der Waals surface area contributed by atoms with Crippen molar-refractivity contribution in [3.05, 3.63) is 42.1 Å². The Morgan fingerprint density at radius 2 is 2.31 bits per heavy atom. The van der Waals surface area contributed by atoms with Crippen LogP contribution in [0.5, 0.6) is 0 Å². The Kier molecular flexibility index (Phi) is 2.01. The standard InChI is InChI=1S/C14H16N2/c1-2-14(15)9-12(14)10-5-6-13-11(8-10)4-3-7-16-13/h3-8,12H,2,9,15H2,1H3. The maximum atomic E-state index is 6.25. The highest BCUT2D eigenvalue weighted by atomic mass is 14.9. The Morgan fingerprint density at radius 3 is 3.06 bits per heavy atom. The first-order valence-corrected chi connectivity index (χ1v) is 5.86. The summed E-state index contributed by atoms with van der Waals surface area (Å²) in [7, 11) is 0. The minimum absolute atomic E-state index is 0.0515. The molecule has 0 radical (unpaired) electrons. The summed E-state index contributed by atoms with van der Waals surface area (Å²) in [5, 5.41) is 1.21. The van der Waals surface area contributed by atoms with Crippen molar-refractivity contribution in [3.8, 4) is 0 Å². The summed E-state index contributed by atoms with van der Waals surface area (Å²) in [4.78, 5) is 4.33. The number of aromatic nitrogens is 1. The van der Waals surface area contributed by atoms with E-state index in [1.807, 2.05) is 12.3 Å². The molecule has 0 spiro atoms. The van der Waals surface area contributed by atoms with Gasteiger partial charge in [0, 0.05) is 23.0 Å². The van der Waals surface area contributed by atoms with E-state index in [9.17, 15) is 0 Å². The summed E-state index contributed by atoms with van der Waals surface area (Å²) in [5.74, 6) is 0.544. The lowest BCUT2D eigenvalue weighted by Gasteiger charge is -2.08. The lowest BCUT2D eigenvalue weighted by Crippen LogP contribution is -2.22. The van der Waals surface area contributed by atoms with Crippen molar-refractivity contribution >= 4 is 10.9 Å². The van der Waals surface area contributed by atoms with Gasteiger partial charge in [0.25, 0.3) is 0 Å². The molecule has 0 saturated heterocycles. The van der Waals surface area contributed by atoms with Crippen LogP contribution in [0.15, 0.2) is 36.5 Å². The first-order chi connectivity index (χ1) is 7.73. The SMILES string of the molecule is CCC1(N)CC1c1ccc2ncccc2c1. The summed E-state index contributed by atoms with van der Waals surface area (Å²) in [6.45, 7) is 2.17. The number of nitrogens with two attached hydrogens (primary N) is 1. The number of rotatable bonds is 2. The van der Waals surface area contributed by atoms with Crippen LogP contribution in [-0.4, -0.2) is 10.5 Å². The second kappa shape index (κ2) is 3.29. The summed E-state index contributed by atoms with van der Waals surface area (Å²) < 4.78 is 0. The van der Waals surface area contributed by atoms with Gasteiger partial charge in [-0.05, 0) is 36.6 Å². The van der Waals surface area contributed by atoms with E-state index in [0.29, 0.717) is 5.92 Å². The Hall–Kier alpha value is -1.41. The van der Waals surface area contributed by atoms with Crippen LogP contribution in [0.4, 0.5) is 0 Å². The van der Waals surface area contributed by atoms with Crippen molar-refractivity contribution in [1.82, 2.24) is 4.98 Å². The van der Waals surface area contributed by atoms with Gasteiger partial charge in [-0.2, -0.15) is 0 Å². The van der Waals surface area contributed by atoms with Crippen molar-refractivity contribution in [1.29, 1.82) is 0 Å². The average Bonchev–Trinajstić information content (AvgIpc) is 3.02. The molecule has 1 aromatic heterocycles. The molecule has 0 aliphatic heterocycles. The minimum atomic E-state index is 0.0515. The van der Waals surface area contributed by atoms with Gasteiger partial charge in [-0.1, -0.05) is 19.1 Å². The first kappa shape index (κ1) is 9.79. The number of nitrogens with zero attached hydrogens (tertiary/aromatic N) is 1. The number of benzene rings is 1. The molecule has 82 valence electrons. The van der Waals surface area contributed by atoms with Gasteiger partial charge in [-0.3, -0.25) is 4.98 Å². The molecule has 1 aromatic carbocycles. The lowest BCUT2D eigenvalue weighted by molar-refractivity contribution is 0.626. The number of pyridine rings is 1. The smallest absolute Gasteiger partial charge is 0.0702 e. The van der Waals surface area contributed by atoms with E-state index in [2.05, 4.69) is 36.2 Å². The van der Waals surface area contributed by atoms with Crippen LogP contribution in [0.2, 0.25) is 0 Å². The molecule has 2 unspecified atom stereocenters. The van der Waals surface area contributed by atoms with Crippen LogP contribution < -0.4 is 5.73 Å². The quantitative estimate of drug-likeness (QED) is 0.831. The van der Waals surface area contributed by atoms with Crippen LogP contribution in [-0.2, 0) is 0 Å². The molecule has 2 aromatic rings. The predicted molar refractivity (Wildman–Crippen MR) is 66.3 cm³/mol. The fraction of sp³-hybridized carbons (Fsp3) is 0.357. The molecule has 1 saturated carbocycles. The second-order valence-corrected chi connectivity index (χ2v) is 4.80. The zero-order chi connectivity index (χ0) is 11.2. The van der Waals surface area contributed by atoms with E-state index < -0.39 is 0 Å². The van der Waals surface area contributed by atoms with E-state index in [1.54, 1.807) is 0 Å². The zero-order valence-corrected chi connectivity index (χ0v) is 9.48. The van der Waals surface area contributed by atoms with Gasteiger partial charge in [0.15, 0.2) is 0 Å². The monoisotopic (exact) mass is 212 g/mol. The van der Waals surface area contributed by atoms with E-state index >= 15 is 0 Å². The first-order valence-electron chi connectivity index (χ1n) is 5.86. The summed E-state index contributed by atoms with van der Waals surface area (Å²) in [6, 6.07) is 10.6. The third-order valence-electron chi connectivity index (χ3n) is 3.81. The number of fused-ring (bicyclic) bond motifs is 1. The van der Waals surface area contributed by atoms with E-state index in [1.165, 1.54) is 10.9 Å². The maximum Gasteiger partial charge on any atom is 0.0702 e. The maximum absolute atomic E-state index is 6.25. The van der Waals surface area contributed by atoms with Crippen molar-refractivity contribution in [2.24, 2.45) is 5.73 Å². The minimum Gasteiger partial charge on any atom is -0.325 e. The fourth-order valence-corrected chi connectivity index (χ4v) is 2.47. The van der Waals surface area contributed by atoms with Crippen LogP contribution in [0.25, 0.3) is 10.9 Å². The van der Waals surface area contributed by atoms with Crippen LogP contribution in [0.1, 0.15) is 31.2 Å². The Labute approximate surface area is 95.5 Å². The van der Waals surface area contributed by atoms with E-state index in [-0.39, 0.29) is 5.54 Å². The molecule has 1 aliphatic carbocycles. The van der Waals surface area contributed by atoms with Crippen molar-refractivity contribution in [3.63, 3.8) is 0 Å². The molecule has 16 heavy (non-hydrogen) atoms. The van der Waals surface area contributed by atoms with Gasteiger partial charge in [-0.15, -0.1) is 0 Å². The van der Waals surface area contributed by atoms with Gasteiger partial charge in [0.1, 0.15) is 0 Å². The molecule has 1 heterocycles. The molecule has 2 nitrogen and oxygen atoms in total. The zero-order valence-electron chi connectivity index (χ0n) is 9.48. The molecule has 1 fully saturated rings. The van der Waals surface area contributed by atoms with Gasteiger partial charge in [0.2, 0.25) is 0 Å². The molecule has 2 heteroatoms. The molecule has 0 amide bonds. The normalized spacial score (nSPS) is 28.2. The highest BCUT2D eigenvalue weighted by Gasteiger charge is 2.49. The molecule has 3 rings (SSSR count). The van der Waals surface area contributed by atoms with Gasteiger partial charge < -0.3 is 5.73 Å². The Morgan fingerprint density at radius 1 is 1.44 bits per heavy atom. The van der Waals surface area contributed by atoms with Crippen molar-refractivity contribution in [2.45, 2.75) is 31.2 Å². The lowest BCUT2D eigenvalue weighted by atomic mass is 10.0. The summed E-state index contributed by atoms with van der Waals surface area (Å²) >= 11 is 0. The van der Waals surface area contributed by atoms with E-state index in [0.717, 1.165) is 18.4 Å². The molecular formula is C14H16N2. The third kappa shape index (κ3) is 1.41. The van der Waals surface area contributed by atoms with Crippen LogP contribution in [0, 0.1) is 0 Å². The van der Waals surface area contributed by atoms with Gasteiger partial charge >= 0.3 is 0 Å². The van der Waals surface area contributed by atoms with Crippen molar-refractivity contribution < 1.29 is 0 Å². The molecule has 1 aliphatic rings. The third-order valence-corrected chi connectivity index (χ3v) is 3.81. The number of hydrogen-bond donors (Lipinski definition) is 1.